The largest absolute Gasteiger partial charge is 0.452 e. The van der Waals surface area contributed by atoms with Gasteiger partial charge in [0.15, 0.2) is 6.61 Å². The van der Waals surface area contributed by atoms with Gasteiger partial charge in [0, 0.05) is 15.8 Å². The molecule has 27 heavy (non-hydrogen) atoms. The highest BCUT2D eigenvalue weighted by Crippen LogP contribution is 2.32. The second-order valence-electron chi connectivity index (χ2n) is 6.04. The summed E-state index contributed by atoms with van der Waals surface area (Å²) in [5.74, 6) is -0.880. The van der Waals surface area contributed by atoms with Crippen LogP contribution in [0.4, 0.5) is 0 Å². The summed E-state index contributed by atoms with van der Waals surface area (Å²) < 4.78 is 5.17. The number of nitrogens with one attached hydrogen (secondary N) is 1. The Hall–Kier alpha value is -2.78. The van der Waals surface area contributed by atoms with Crippen molar-refractivity contribution >= 4 is 23.6 Å². The minimum atomic E-state index is -0.564. The second-order valence-corrected chi connectivity index (χ2v) is 7.12. The molecule has 0 aromatic heterocycles. The van der Waals surface area contributed by atoms with Crippen molar-refractivity contribution in [2.24, 2.45) is 0 Å². The fraction of sp³-hybridized carbons (Fsp3) is 0.286. The molecule has 1 N–H and O–H groups in total. The third kappa shape index (κ3) is 6.15. The van der Waals surface area contributed by atoms with Gasteiger partial charge in [0.05, 0.1) is 11.1 Å². The van der Waals surface area contributed by atoms with E-state index in [1.54, 1.807) is 30.3 Å². The number of nitriles is 1. The Labute approximate surface area is 163 Å². The van der Waals surface area contributed by atoms with Gasteiger partial charge < -0.3 is 10.1 Å². The molecule has 1 amide bonds. The minimum Gasteiger partial charge on any atom is -0.452 e. The number of nitrogens with zero attached hydrogens (tertiary/aromatic N) is 1. The predicted molar refractivity (Wildman–Crippen MR) is 105 cm³/mol. The molecule has 6 heteroatoms. The Morgan fingerprint density at radius 3 is 2.52 bits per heavy atom. The van der Waals surface area contributed by atoms with Crippen LogP contribution in [0, 0.1) is 11.3 Å². The summed E-state index contributed by atoms with van der Waals surface area (Å²) in [4.78, 5) is 25.8. The van der Waals surface area contributed by atoms with Gasteiger partial charge in [-0.1, -0.05) is 49.4 Å². The van der Waals surface area contributed by atoms with Crippen molar-refractivity contribution in [2.45, 2.75) is 42.5 Å². The molecule has 0 aliphatic rings. The molecule has 5 nitrogen and oxygen atoms in total. The molecule has 0 fully saturated rings. The van der Waals surface area contributed by atoms with E-state index in [1.165, 1.54) is 11.8 Å². The van der Waals surface area contributed by atoms with Crippen LogP contribution in [0.25, 0.3) is 0 Å². The Morgan fingerprint density at radius 2 is 1.81 bits per heavy atom. The summed E-state index contributed by atoms with van der Waals surface area (Å²) >= 11 is 1.32. The van der Waals surface area contributed by atoms with E-state index < -0.39 is 5.97 Å². The van der Waals surface area contributed by atoms with Gasteiger partial charge in [-0.15, -0.1) is 0 Å². The molecule has 2 rings (SSSR count). The fourth-order valence-corrected chi connectivity index (χ4v) is 3.54. The number of rotatable bonds is 8. The highest BCUT2D eigenvalue weighted by Gasteiger charge is 2.16. The maximum Gasteiger partial charge on any atom is 0.339 e. The molecule has 0 aliphatic carbocycles. The van der Waals surface area contributed by atoms with Crippen LogP contribution in [0.1, 0.15) is 42.6 Å². The standard InChI is InChI=1S/C21H22N2O3S/c1-3-8-15(2)23-20(24)14-26-21(25)17-10-5-7-12-19(17)27-18-11-6-4-9-16(18)13-22/h4-7,9-12,15H,3,8,14H2,1-2H3,(H,23,24)/t15-/m1/s1. The van der Waals surface area contributed by atoms with Gasteiger partial charge in [0.2, 0.25) is 0 Å². The van der Waals surface area contributed by atoms with Crippen LogP contribution in [0.5, 0.6) is 0 Å². The molecule has 0 saturated heterocycles. The molecule has 0 radical (unpaired) electrons. The lowest BCUT2D eigenvalue weighted by atomic mass is 10.2. The maximum atomic E-state index is 12.4. The summed E-state index contributed by atoms with van der Waals surface area (Å²) in [5, 5.41) is 12.0. The normalized spacial score (nSPS) is 11.3. The van der Waals surface area contributed by atoms with E-state index >= 15 is 0 Å². The van der Waals surface area contributed by atoms with Crippen LogP contribution in [0.3, 0.4) is 0 Å². The van der Waals surface area contributed by atoms with Gasteiger partial charge >= 0.3 is 5.97 Å². The Kier molecular flexibility index (Phi) is 7.90. The molecule has 140 valence electrons. The van der Waals surface area contributed by atoms with Crippen molar-refractivity contribution < 1.29 is 14.3 Å². The van der Waals surface area contributed by atoms with Gasteiger partial charge in [-0.2, -0.15) is 5.26 Å². The van der Waals surface area contributed by atoms with E-state index in [0.29, 0.717) is 16.0 Å². The zero-order valence-electron chi connectivity index (χ0n) is 15.4. The number of amides is 1. The van der Waals surface area contributed by atoms with Gasteiger partial charge in [0.25, 0.3) is 5.91 Å². The monoisotopic (exact) mass is 382 g/mol. The van der Waals surface area contributed by atoms with Crippen LogP contribution in [-0.2, 0) is 9.53 Å². The van der Waals surface area contributed by atoms with Crippen LogP contribution < -0.4 is 5.32 Å². The second kappa shape index (κ2) is 10.4. The zero-order valence-corrected chi connectivity index (χ0v) is 16.2. The number of benzene rings is 2. The third-order valence-corrected chi connectivity index (χ3v) is 4.95. The molecular weight excluding hydrogens is 360 g/mol. The van der Waals surface area contributed by atoms with Crippen molar-refractivity contribution in [1.29, 1.82) is 5.26 Å². The Bertz CT molecular complexity index is 845. The van der Waals surface area contributed by atoms with Gasteiger partial charge in [-0.3, -0.25) is 4.79 Å². The summed E-state index contributed by atoms with van der Waals surface area (Å²) in [7, 11) is 0. The topological polar surface area (TPSA) is 79.2 Å². The summed E-state index contributed by atoms with van der Waals surface area (Å²) in [6.07, 6.45) is 1.84. The van der Waals surface area contributed by atoms with Gasteiger partial charge in [-0.05, 0) is 37.6 Å². The number of ether oxygens (including phenoxy) is 1. The number of carbonyl (C=O) groups is 2. The third-order valence-electron chi connectivity index (χ3n) is 3.80. The van der Waals surface area contributed by atoms with Crippen molar-refractivity contribution in [3.05, 3.63) is 59.7 Å². The van der Waals surface area contributed by atoms with E-state index in [1.807, 2.05) is 32.0 Å². The summed E-state index contributed by atoms with van der Waals surface area (Å²) in [5.41, 5.74) is 0.902. The predicted octanol–water partition coefficient (Wildman–Crippen LogP) is 4.17. The molecule has 0 spiro atoms. The molecular formula is C21H22N2O3S. The van der Waals surface area contributed by atoms with Gasteiger partial charge in [0.1, 0.15) is 6.07 Å². The summed E-state index contributed by atoms with van der Waals surface area (Å²) in [6, 6.07) is 16.4. The fourth-order valence-electron chi connectivity index (χ4n) is 2.52. The highest BCUT2D eigenvalue weighted by atomic mass is 32.2. The lowest BCUT2D eigenvalue weighted by molar-refractivity contribution is -0.124. The van der Waals surface area contributed by atoms with Gasteiger partial charge in [-0.25, -0.2) is 4.79 Å². The van der Waals surface area contributed by atoms with Crippen LogP contribution in [0.2, 0.25) is 0 Å². The van der Waals surface area contributed by atoms with Crippen LogP contribution in [0.15, 0.2) is 58.3 Å². The van der Waals surface area contributed by atoms with E-state index in [-0.39, 0.29) is 18.6 Å². The molecule has 0 saturated carbocycles. The molecule has 0 heterocycles. The Balaban J connectivity index is 2.05. The lowest BCUT2D eigenvalue weighted by Crippen LogP contribution is -2.35. The van der Waals surface area contributed by atoms with Crippen molar-refractivity contribution in [1.82, 2.24) is 5.32 Å². The quantitative estimate of drug-likeness (QED) is 0.693. The number of esters is 1. The molecule has 1 atom stereocenters. The summed E-state index contributed by atoms with van der Waals surface area (Å²) in [6.45, 7) is 3.64. The van der Waals surface area contributed by atoms with Crippen molar-refractivity contribution in [3.63, 3.8) is 0 Å². The van der Waals surface area contributed by atoms with Crippen LogP contribution in [-0.4, -0.2) is 24.5 Å². The van der Waals surface area contributed by atoms with E-state index in [0.717, 1.165) is 17.7 Å². The lowest BCUT2D eigenvalue weighted by Gasteiger charge is -2.13. The van der Waals surface area contributed by atoms with Crippen molar-refractivity contribution in [2.75, 3.05) is 6.61 Å². The van der Waals surface area contributed by atoms with Crippen LogP contribution >= 0.6 is 11.8 Å². The van der Waals surface area contributed by atoms with Crippen molar-refractivity contribution in [3.8, 4) is 6.07 Å². The number of hydrogen-bond donors (Lipinski definition) is 1. The molecule has 2 aromatic carbocycles. The highest BCUT2D eigenvalue weighted by molar-refractivity contribution is 7.99. The SMILES string of the molecule is CCC[C@@H](C)NC(=O)COC(=O)c1ccccc1Sc1ccccc1C#N. The van der Waals surface area contributed by atoms with E-state index in [2.05, 4.69) is 11.4 Å². The molecule has 2 aromatic rings. The average molecular weight is 382 g/mol. The first-order chi connectivity index (χ1) is 13.0. The number of hydrogen-bond acceptors (Lipinski definition) is 5. The van der Waals surface area contributed by atoms with E-state index in [4.69, 9.17) is 4.74 Å². The first kappa shape index (κ1) is 20.5. The van der Waals surface area contributed by atoms with E-state index in [9.17, 15) is 14.9 Å². The number of carbonyl (C=O) groups excluding carboxylic acids is 2. The maximum absolute atomic E-state index is 12.4. The smallest absolute Gasteiger partial charge is 0.339 e. The first-order valence-corrected chi connectivity index (χ1v) is 9.59. The molecule has 0 bridgehead atoms. The zero-order chi connectivity index (χ0) is 19.6. The minimum absolute atomic E-state index is 0.0477. The Morgan fingerprint density at radius 1 is 1.15 bits per heavy atom. The molecule has 0 unspecified atom stereocenters. The first-order valence-electron chi connectivity index (χ1n) is 8.77. The average Bonchev–Trinajstić information content (AvgIpc) is 2.67. The molecule has 0 aliphatic heterocycles.